The predicted molar refractivity (Wildman–Crippen MR) is 78.6 cm³/mol. The van der Waals surface area contributed by atoms with Gasteiger partial charge in [-0.05, 0) is 31.0 Å². The fourth-order valence-corrected chi connectivity index (χ4v) is 2.64. The molecule has 2 heterocycles. The topological polar surface area (TPSA) is 85.8 Å². The van der Waals surface area contributed by atoms with Gasteiger partial charge in [-0.3, -0.25) is 4.79 Å². The van der Waals surface area contributed by atoms with Gasteiger partial charge in [-0.2, -0.15) is 0 Å². The molecule has 1 atom stereocenters. The molecule has 0 spiro atoms. The quantitative estimate of drug-likeness (QED) is 0.863. The van der Waals surface area contributed by atoms with Gasteiger partial charge in [-0.25, -0.2) is 0 Å². The summed E-state index contributed by atoms with van der Waals surface area (Å²) in [6.45, 7) is 3.81. The van der Waals surface area contributed by atoms with Gasteiger partial charge < -0.3 is 15.6 Å². The van der Waals surface area contributed by atoms with Crippen molar-refractivity contribution < 1.29 is 4.79 Å². The second-order valence-electron chi connectivity index (χ2n) is 5.39. The van der Waals surface area contributed by atoms with Crippen molar-refractivity contribution in [1.29, 1.82) is 0 Å². The molecule has 1 aromatic heterocycles. The molecule has 1 aromatic carbocycles. The Morgan fingerprint density at radius 2 is 2.14 bits per heavy atom. The normalized spacial score (nSPS) is 14.9. The number of nitrogens with two attached hydrogens (primary N) is 1. The monoisotopic (exact) mass is 285 g/mol. The zero-order valence-corrected chi connectivity index (χ0v) is 12.0. The molecule has 2 aromatic rings. The van der Waals surface area contributed by atoms with Gasteiger partial charge in [-0.15, -0.1) is 10.2 Å². The van der Waals surface area contributed by atoms with Crippen LogP contribution in [0.5, 0.6) is 0 Å². The molecule has 6 heteroatoms. The smallest absolute Gasteiger partial charge is 0.248 e. The molecule has 3 N–H and O–H groups in total. The summed E-state index contributed by atoms with van der Waals surface area (Å²) in [6, 6.07) is 7.46. The Morgan fingerprint density at radius 3 is 2.86 bits per heavy atom. The predicted octanol–water partition coefficient (Wildman–Crippen LogP) is 1.17. The van der Waals surface area contributed by atoms with E-state index in [1.807, 2.05) is 12.1 Å². The van der Waals surface area contributed by atoms with Crippen LogP contribution in [0, 0.1) is 0 Å². The first-order valence-electron chi connectivity index (χ1n) is 7.19. The average molecular weight is 285 g/mol. The Hall–Kier alpha value is -2.21. The second-order valence-corrected chi connectivity index (χ2v) is 5.39. The largest absolute Gasteiger partial charge is 0.366 e. The number of carbonyl (C=O) groups is 1. The maximum Gasteiger partial charge on any atom is 0.248 e. The Kier molecular flexibility index (Phi) is 3.70. The van der Waals surface area contributed by atoms with Crippen LogP contribution in [-0.2, 0) is 19.5 Å². The van der Waals surface area contributed by atoms with Crippen molar-refractivity contribution in [1.82, 2.24) is 20.1 Å². The molecule has 0 bridgehead atoms. The lowest BCUT2D eigenvalue weighted by Crippen LogP contribution is -2.21. The van der Waals surface area contributed by atoms with Gasteiger partial charge in [0.25, 0.3) is 0 Å². The van der Waals surface area contributed by atoms with Crippen molar-refractivity contribution >= 4 is 5.91 Å². The zero-order valence-electron chi connectivity index (χ0n) is 12.0. The van der Waals surface area contributed by atoms with Crippen LogP contribution in [0.2, 0.25) is 0 Å². The third-order valence-corrected chi connectivity index (χ3v) is 3.88. The van der Waals surface area contributed by atoms with Gasteiger partial charge in [0, 0.05) is 25.1 Å². The number of fused-ring (bicyclic) bond motifs is 1. The minimum absolute atomic E-state index is 0.139. The average Bonchev–Trinajstić information content (AvgIpc) is 3.08. The molecule has 1 aliphatic rings. The Balaban J connectivity index is 1.63. The Labute approximate surface area is 123 Å². The van der Waals surface area contributed by atoms with E-state index in [-0.39, 0.29) is 6.04 Å². The number of benzene rings is 1. The van der Waals surface area contributed by atoms with Gasteiger partial charge in [-0.1, -0.05) is 12.1 Å². The van der Waals surface area contributed by atoms with E-state index >= 15 is 0 Å². The van der Waals surface area contributed by atoms with Crippen LogP contribution in [0.4, 0.5) is 0 Å². The van der Waals surface area contributed by atoms with Crippen LogP contribution >= 0.6 is 0 Å². The molecule has 0 saturated heterocycles. The first kappa shape index (κ1) is 13.8. The van der Waals surface area contributed by atoms with Crippen molar-refractivity contribution in [3.05, 3.63) is 47.0 Å². The van der Waals surface area contributed by atoms with Gasteiger partial charge in [0.15, 0.2) is 0 Å². The third kappa shape index (κ3) is 2.80. The molecule has 0 radical (unpaired) electrons. The maximum atomic E-state index is 11.0. The number of primary amides is 1. The molecule has 1 amide bonds. The minimum Gasteiger partial charge on any atom is -0.366 e. The van der Waals surface area contributed by atoms with Crippen LogP contribution in [0.3, 0.4) is 0 Å². The fourth-order valence-electron chi connectivity index (χ4n) is 2.64. The molecular weight excluding hydrogens is 266 g/mol. The number of aryl methyl sites for hydroxylation is 1. The van der Waals surface area contributed by atoms with Crippen molar-refractivity contribution in [3.63, 3.8) is 0 Å². The summed E-state index contributed by atoms with van der Waals surface area (Å²) < 4.78 is 2.20. The summed E-state index contributed by atoms with van der Waals surface area (Å²) in [5.41, 5.74) is 6.86. The highest BCUT2D eigenvalue weighted by molar-refractivity contribution is 5.92. The van der Waals surface area contributed by atoms with Gasteiger partial charge >= 0.3 is 0 Å². The van der Waals surface area contributed by atoms with E-state index in [9.17, 15) is 4.79 Å². The van der Waals surface area contributed by atoms with Crippen molar-refractivity contribution in [3.8, 4) is 0 Å². The van der Waals surface area contributed by atoms with Crippen molar-refractivity contribution in [2.24, 2.45) is 5.73 Å². The highest BCUT2D eigenvalue weighted by Gasteiger charge is 2.20. The van der Waals surface area contributed by atoms with Crippen molar-refractivity contribution in [2.75, 3.05) is 0 Å². The highest BCUT2D eigenvalue weighted by atomic mass is 16.1. The van der Waals surface area contributed by atoms with Crippen LogP contribution < -0.4 is 11.1 Å². The van der Waals surface area contributed by atoms with Gasteiger partial charge in [0.2, 0.25) is 5.91 Å². The van der Waals surface area contributed by atoms with Gasteiger partial charge in [0.05, 0.1) is 6.04 Å². The molecule has 21 heavy (non-hydrogen) atoms. The molecule has 0 aliphatic carbocycles. The molecular formula is C15H19N5O. The summed E-state index contributed by atoms with van der Waals surface area (Å²) in [5, 5.41) is 11.9. The van der Waals surface area contributed by atoms with Crippen LogP contribution in [0.25, 0.3) is 0 Å². The highest BCUT2D eigenvalue weighted by Crippen LogP contribution is 2.19. The lowest BCUT2D eigenvalue weighted by molar-refractivity contribution is 0.100. The summed E-state index contributed by atoms with van der Waals surface area (Å²) >= 11 is 0. The second kappa shape index (κ2) is 5.65. The Bertz CT molecular complexity index is 647. The van der Waals surface area contributed by atoms with E-state index in [4.69, 9.17) is 5.73 Å². The maximum absolute atomic E-state index is 11.0. The molecule has 1 unspecified atom stereocenters. The SMILES string of the molecule is CC(NCc1ccc(C(N)=O)cc1)c1nnc2n1CCC2. The minimum atomic E-state index is -0.401. The van der Waals surface area contributed by atoms with E-state index in [1.165, 1.54) is 0 Å². The fraction of sp³-hybridized carbons (Fsp3) is 0.400. The molecule has 110 valence electrons. The van der Waals surface area contributed by atoms with Crippen LogP contribution in [0.15, 0.2) is 24.3 Å². The number of hydrogen-bond acceptors (Lipinski definition) is 4. The summed E-state index contributed by atoms with van der Waals surface area (Å²) in [7, 11) is 0. The first-order valence-corrected chi connectivity index (χ1v) is 7.19. The molecule has 1 aliphatic heterocycles. The van der Waals surface area contributed by atoms with E-state index in [1.54, 1.807) is 12.1 Å². The summed E-state index contributed by atoms with van der Waals surface area (Å²) in [4.78, 5) is 11.0. The molecule has 6 nitrogen and oxygen atoms in total. The molecule has 3 rings (SSSR count). The van der Waals surface area contributed by atoms with E-state index in [0.29, 0.717) is 12.1 Å². The number of rotatable bonds is 5. The van der Waals surface area contributed by atoms with Gasteiger partial charge in [0.1, 0.15) is 11.6 Å². The number of nitrogens with zero attached hydrogens (tertiary/aromatic N) is 3. The van der Waals surface area contributed by atoms with Crippen LogP contribution in [0.1, 0.15) is 47.0 Å². The summed E-state index contributed by atoms with van der Waals surface area (Å²) in [5.74, 6) is 1.68. The zero-order chi connectivity index (χ0) is 14.8. The van der Waals surface area contributed by atoms with E-state index in [0.717, 1.165) is 36.6 Å². The van der Waals surface area contributed by atoms with E-state index < -0.39 is 5.91 Å². The number of hydrogen-bond donors (Lipinski definition) is 2. The third-order valence-electron chi connectivity index (χ3n) is 3.88. The molecule has 0 saturated carbocycles. The van der Waals surface area contributed by atoms with E-state index in [2.05, 4.69) is 27.0 Å². The molecule has 0 fully saturated rings. The lowest BCUT2D eigenvalue weighted by Gasteiger charge is -2.14. The number of aromatic nitrogens is 3. The lowest BCUT2D eigenvalue weighted by atomic mass is 10.1. The number of nitrogens with one attached hydrogen (secondary N) is 1. The number of carbonyl (C=O) groups excluding carboxylic acids is 1. The Morgan fingerprint density at radius 1 is 1.38 bits per heavy atom. The first-order chi connectivity index (χ1) is 10.1. The number of amides is 1. The summed E-state index contributed by atoms with van der Waals surface area (Å²) in [6.07, 6.45) is 2.17. The van der Waals surface area contributed by atoms with Crippen molar-refractivity contribution in [2.45, 2.75) is 38.9 Å². The standard InChI is InChI=1S/C15H19N5O/c1-10(15-19-18-13-3-2-8-20(13)15)17-9-11-4-6-12(7-5-11)14(16)21/h4-7,10,17H,2-3,8-9H2,1H3,(H2,16,21). The van der Waals surface area contributed by atoms with Crippen LogP contribution in [-0.4, -0.2) is 20.7 Å².